The summed E-state index contributed by atoms with van der Waals surface area (Å²) in [7, 11) is 0. The number of hydrogen-bond acceptors (Lipinski definition) is 3. The van der Waals surface area contributed by atoms with Crippen molar-refractivity contribution in [2.45, 2.75) is 25.3 Å². The molecule has 18 heavy (non-hydrogen) atoms. The molecule has 5 heteroatoms. The van der Waals surface area contributed by atoms with E-state index < -0.39 is 12.0 Å². The molecule has 1 unspecified atom stereocenters. The zero-order valence-corrected chi connectivity index (χ0v) is 10.1. The SMILES string of the molecule is NCCCC(NC(=O)Cc1ccccc1)C(=O)O. The van der Waals surface area contributed by atoms with Crippen molar-refractivity contribution < 1.29 is 14.7 Å². The van der Waals surface area contributed by atoms with Crippen LogP contribution in [-0.4, -0.2) is 29.6 Å². The Bertz CT molecular complexity index is 392. The van der Waals surface area contributed by atoms with E-state index in [4.69, 9.17) is 10.8 Å². The van der Waals surface area contributed by atoms with Gasteiger partial charge in [0.25, 0.3) is 0 Å². The Morgan fingerprint density at radius 3 is 2.50 bits per heavy atom. The normalized spacial score (nSPS) is 11.8. The molecule has 0 spiro atoms. The van der Waals surface area contributed by atoms with Crippen LogP contribution in [0.15, 0.2) is 30.3 Å². The Labute approximate surface area is 106 Å². The third-order valence-electron chi connectivity index (χ3n) is 2.54. The number of benzene rings is 1. The highest BCUT2D eigenvalue weighted by atomic mass is 16.4. The summed E-state index contributed by atoms with van der Waals surface area (Å²) >= 11 is 0. The summed E-state index contributed by atoms with van der Waals surface area (Å²) in [5, 5.41) is 11.5. The van der Waals surface area contributed by atoms with E-state index in [1.165, 1.54) is 0 Å². The van der Waals surface area contributed by atoms with E-state index in [1.807, 2.05) is 30.3 Å². The molecule has 0 fully saturated rings. The minimum atomic E-state index is -1.02. The lowest BCUT2D eigenvalue weighted by molar-refractivity contribution is -0.141. The van der Waals surface area contributed by atoms with Crippen molar-refractivity contribution in [3.63, 3.8) is 0 Å². The van der Waals surface area contributed by atoms with Crippen molar-refractivity contribution in [2.24, 2.45) is 5.73 Å². The number of hydrogen-bond donors (Lipinski definition) is 3. The van der Waals surface area contributed by atoms with Gasteiger partial charge in [0.1, 0.15) is 6.04 Å². The van der Waals surface area contributed by atoms with E-state index >= 15 is 0 Å². The number of rotatable bonds is 7. The smallest absolute Gasteiger partial charge is 0.326 e. The average Bonchev–Trinajstić information content (AvgIpc) is 2.35. The van der Waals surface area contributed by atoms with E-state index in [-0.39, 0.29) is 12.3 Å². The van der Waals surface area contributed by atoms with E-state index in [0.29, 0.717) is 19.4 Å². The molecular formula is C13H18N2O3. The number of carboxylic acid groups (broad SMARTS) is 1. The number of nitrogens with one attached hydrogen (secondary N) is 1. The minimum absolute atomic E-state index is 0.188. The molecule has 0 aromatic heterocycles. The van der Waals surface area contributed by atoms with Crippen molar-refractivity contribution in [3.8, 4) is 0 Å². The Hall–Kier alpha value is -1.88. The number of amides is 1. The van der Waals surface area contributed by atoms with Gasteiger partial charge in [0.2, 0.25) is 5.91 Å². The topological polar surface area (TPSA) is 92.4 Å². The average molecular weight is 250 g/mol. The monoisotopic (exact) mass is 250 g/mol. The van der Waals surface area contributed by atoms with Gasteiger partial charge < -0.3 is 16.2 Å². The third-order valence-corrected chi connectivity index (χ3v) is 2.54. The van der Waals surface area contributed by atoms with Crippen LogP contribution < -0.4 is 11.1 Å². The van der Waals surface area contributed by atoms with Gasteiger partial charge in [-0.25, -0.2) is 4.79 Å². The maximum Gasteiger partial charge on any atom is 0.326 e. The maximum atomic E-state index is 11.7. The Morgan fingerprint density at radius 1 is 1.28 bits per heavy atom. The summed E-state index contributed by atoms with van der Waals surface area (Å²) in [6.45, 7) is 0.415. The molecule has 0 saturated heterocycles. The summed E-state index contributed by atoms with van der Waals surface area (Å²) in [6.07, 6.45) is 1.11. The molecule has 1 rings (SSSR count). The van der Waals surface area contributed by atoms with Crippen molar-refractivity contribution in [1.82, 2.24) is 5.32 Å². The summed E-state index contributed by atoms with van der Waals surface area (Å²) in [5.74, 6) is -1.31. The lowest BCUT2D eigenvalue weighted by Crippen LogP contribution is -2.41. The lowest BCUT2D eigenvalue weighted by atomic mass is 10.1. The van der Waals surface area contributed by atoms with Gasteiger partial charge in [-0.2, -0.15) is 0 Å². The van der Waals surface area contributed by atoms with Crippen LogP contribution in [0.5, 0.6) is 0 Å². The highest BCUT2D eigenvalue weighted by Gasteiger charge is 2.18. The molecule has 98 valence electrons. The van der Waals surface area contributed by atoms with Gasteiger partial charge in [-0.05, 0) is 24.9 Å². The van der Waals surface area contributed by atoms with Crippen LogP contribution in [0.3, 0.4) is 0 Å². The number of carbonyl (C=O) groups is 2. The zero-order chi connectivity index (χ0) is 13.4. The maximum absolute atomic E-state index is 11.7. The molecule has 0 radical (unpaired) electrons. The quantitative estimate of drug-likeness (QED) is 0.658. The van der Waals surface area contributed by atoms with Crippen LogP contribution in [0, 0.1) is 0 Å². The van der Waals surface area contributed by atoms with E-state index in [2.05, 4.69) is 5.32 Å². The largest absolute Gasteiger partial charge is 0.480 e. The standard InChI is InChI=1S/C13H18N2O3/c14-8-4-7-11(13(17)18)15-12(16)9-10-5-2-1-3-6-10/h1-3,5-6,11H,4,7-9,14H2,(H,15,16)(H,17,18). The third kappa shape index (κ3) is 4.97. The fraction of sp³-hybridized carbons (Fsp3) is 0.385. The van der Waals surface area contributed by atoms with Gasteiger partial charge in [-0.1, -0.05) is 30.3 Å². The van der Waals surface area contributed by atoms with E-state index in [1.54, 1.807) is 0 Å². The summed E-state index contributed by atoms with van der Waals surface area (Å²) < 4.78 is 0. The Kier molecular flexibility index (Phi) is 5.87. The number of carbonyl (C=O) groups excluding carboxylic acids is 1. The fourth-order valence-electron chi connectivity index (χ4n) is 1.61. The van der Waals surface area contributed by atoms with Gasteiger partial charge in [0, 0.05) is 0 Å². The first-order valence-electron chi connectivity index (χ1n) is 5.89. The van der Waals surface area contributed by atoms with Crippen LogP contribution in [-0.2, 0) is 16.0 Å². The van der Waals surface area contributed by atoms with Crippen molar-refractivity contribution in [3.05, 3.63) is 35.9 Å². The second kappa shape index (κ2) is 7.45. The number of carboxylic acids is 1. The molecule has 1 atom stereocenters. The summed E-state index contributed by atoms with van der Waals surface area (Å²) in [5.41, 5.74) is 6.18. The number of aliphatic carboxylic acids is 1. The van der Waals surface area contributed by atoms with Crippen LogP contribution >= 0.6 is 0 Å². The summed E-state index contributed by atoms with van der Waals surface area (Å²) in [6, 6.07) is 8.34. The minimum Gasteiger partial charge on any atom is -0.480 e. The van der Waals surface area contributed by atoms with Gasteiger partial charge in [0.15, 0.2) is 0 Å². The highest BCUT2D eigenvalue weighted by molar-refractivity contribution is 5.84. The van der Waals surface area contributed by atoms with Crippen LogP contribution in [0.4, 0.5) is 0 Å². The molecule has 0 bridgehead atoms. The van der Waals surface area contributed by atoms with Crippen molar-refractivity contribution in [1.29, 1.82) is 0 Å². The fourth-order valence-corrected chi connectivity index (χ4v) is 1.61. The molecule has 0 aliphatic heterocycles. The highest BCUT2D eigenvalue weighted by Crippen LogP contribution is 2.01. The van der Waals surface area contributed by atoms with Gasteiger partial charge in [0.05, 0.1) is 6.42 Å². The summed E-state index contributed by atoms with van der Waals surface area (Å²) in [4.78, 5) is 22.6. The molecule has 0 heterocycles. The van der Waals surface area contributed by atoms with Crippen LogP contribution in [0.25, 0.3) is 0 Å². The second-order valence-corrected chi connectivity index (χ2v) is 4.05. The lowest BCUT2D eigenvalue weighted by Gasteiger charge is -2.13. The molecule has 1 amide bonds. The molecule has 4 N–H and O–H groups in total. The molecule has 5 nitrogen and oxygen atoms in total. The molecule has 1 aromatic carbocycles. The molecular weight excluding hydrogens is 232 g/mol. The van der Waals surface area contributed by atoms with Gasteiger partial charge >= 0.3 is 5.97 Å². The van der Waals surface area contributed by atoms with E-state index in [9.17, 15) is 9.59 Å². The Balaban J connectivity index is 2.48. The van der Waals surface area contributed by atoms with Crippen LogP contribution in [0.1, 0.15) is 18.4 Å². The molecule has 0 aliphatic carbocycles. The van der Waals surface area contributed by atoms with Crippen molar-refractivity contribution >= 4 is 11.9 Å². The predicted octanol–water partition coefficient (Wildman–Crippen LogP) is 0.537. The van der Waals surface area contributed by atoms with Gasteiger partial charge in [-0.15, -0.1) is 0 Å². The Morgan fingerprint density at radius 2 is 1.94 bits per heavy atom. The number of nitrogens with two attached hydrogens (primary N) is 1. The first kappa shape index (κ1) is 14.2. The first-order valence-corrected chi connectivity index (χ1v) is 5.89. The molecule has 0 aliphatic rings. The van der Waals surface area contributed by atoms with Crippen LogP contribution in [0.2, 0.25) is 0 Å². The van der Waals surface area contributed by atoms with E-state index in [0.717, 1.165) is 5.56 Å². The zero-order valence-electron chi connectivity index (χ0n) is 10.1. The first-order chi connectivity index (χ1) is 8.63. The van der Waals surface area contributed by atoms with Crippen molar-refractivity contribution in [2.75, 3.05) is 6.54 Å². The molecule has 0 saturated carbocycles. The predicted molar refractivity (Wildman–Crippen MR) is 68.0 cm³/mol. The molecule has 1 aromatic rings. The second-order valence-electron chi connectivity index (χ2n) is 4.05. The van der Waals surface area contributed by atoms with Gasteiger partial charge in [-0.3, -0.25) is 4.79 Å².